The Bertz CT molecular complexity index is 365. The number of benzene rings is 1. The first-order chi connectivity index (χ1) is 8.24. The zero-order chi connectivity index (χ0) is 13.8. The molecule has 2 nitrogen and oxygen atoms in total. The smallest absolute Gasteiger partial charge is 0.0608 e. The van der Waals surface area contributed by atoms with Gasteiger partial charge in [-0.3, -0.25) is 0 Å². The van der Waals surface area contributed by atoms with E-state index in [4.69, 9.17) is 10.8 Å². The minimum absolute atomic E-state index is 0.0382. The molecule has 0 aromatic heterocycles. The van der Waals surface area contributed by atoms with E-state index in [2.05, 4.69) is 45.0 Å². The molecule has 1 aromatic rings. The second-order valence-electron chi connectivity index (χ2n) is 6.18. The summed E-state index contributed by atoms with van der Waals surface area (Å²) in [5.74, 6) is 0.933. The fraction of sp³-hybridized carbons (Fsp3) is 0.600. The molecule has 0 aliphatic rings. The largest absolute Gasteiger partial charge is 0.394 e. The van der Waals surface area contributed by atoms with Crippen molar-refractivity contribution in [2.24, 2.45) is 5.73 Å². The van der Waals surface area contributed by atoms with Crippen molar-refractivity contribution < 1.29 is 5.11 Å². The summed E-state index contributed by atoms with van der Waals surface area (Å²) in [7, 11) is 0. The zero-order valence-electron chi connectivity index (χ0n) is 11.9. The molecule has 0 amide bonds. The Balaban J connectivity index is 2.50. The molecule has 3 heteroatoms. The third-order valence-corrected chi connectivity index (χ3v) is 4.04. The van der Waals surface area contributed by atoms with Crippen LogP contribution in [0, 0.1) is 0 Å². The average Bonchev–Trinajstić information content (AvgIpc) is 2.28. The van der Waals surface area contributed by atoms with Crippen LogP contribution >= 0.6 is 11.8 Å². The predicted molar refractivity (Wildman–Crippen MR) is 80.2 cm³/mol. The van der Waals surface area contributed by atoms with Gasteiger partial charge >= 0.3 is 0 Å². The van der Waals surface area contributed by atoms with Gasteiger partial charge in [0.25, 0.3) is 0 Å². The maximum absolute atomic E-state index is 9.08. The molecule has 1 atom stereocenters. The van der Waals surface area contributed by atoms with Gasteiger partial charge in [-0.2, -0.15) is 0 Å². The van der Waals surface area contributed by atoms with Crippen LogP contribution in [-0.2, 0) is 5.41 Å². The Morgan fingerprint density at radius 3 is 2.11 bits per heavy atom. The molecule has 0 fully saturated rings. The second-order valence-corrected chi connectivity index (χ2v) is 7.35. The third kappa shape index (κ3) is 5.01. The summed E-state index contributed by atoms with van der Waals surface area (Å²) in [6.45, 7) is 8.58. The number of nitrogens with two attached hydrogens (primary N) is 1. The number of thioether (sulfide) groups is 1. The Kier molecular flexibility index (Phi) is 5.26. The Hall–Kier alpha value is -0.510. The van der Waals surface area contributed by atoms with Gasteiger partial charge < -0.3 is 10.8 Å². The maximum Gasteiger partial charge on any atom is 0.0608 e. The molecule has 0 bridgehead atoms. The normalized spacial score (nSPS) is 15.4. The molecule has 0 spiro atoms. The first-order valence-corrected chi connectivity index (χ1v) is 7.36. The first-order valence-electron chi connectivity index (χ1n) is 6.38. The topological polar surface area (TPSA) is 46.2 Å². The lowest BCUT2D eigenvalue weighted by molar-refractivity contribution is 0.206. The third-order valence-electron chi connectivity index (χ3n) is 3.02. The first kappa shape index (κ1) is 15.5. The van der Waals surface area contributed by atoms with Crippen LogP contribution in [0.15, 0.2) is 29.2 Å². The summed E-state index contributed by atoms with van der Waals surface area (Å²) >= 11 is 1.79. The molecule has 1 aromatic carbocycles. The molecule has 0 heterocycles. The highest BCUT2D eigenvalue weighted by atomic mass is 32.2. The zero-order valence-corrected chi connectivity index (χ0v) is 12.7. The Morgan fingerprint density at radius 1 is 1.11 bits per heavy atom. The molecule has 1 unspecified atom stereocenters. The van der Waals surface area contributed by atoms with Crippen LogP contribution < -0.4 is 5.73 Å². The monoisotopic (exact) mass is 267 g/mol. The van der Waals surface area contributed by atoms with Crippen LogP contribution in [0.4, 0.5) is 0 Å². The summed E-state index contributed by atoms with van der Waals surface area (Å²) in [6.07, 6.45) is 0.815. The number of aliphatic hydroxyl groups is 1. The van der Waals surface area contributed by atoms with Crippen molar-refractivity contribution in [3.63, 3.8) is 0 Å². The minimum atomic E-state index is -0.460. The number of hydrogen-bond donors (Lipinski definition) is 2. The minimum Gasteiger partial charge on any atom is -0.394 e. The van der Waals surface area contributed by atoms with E-state index in [1.165, 1.54) is 10.5 Å². The van der Waals surface area contributed by atoms with Gasteiger partial charge in [-0.05, 0) is 42.2 Å². The molecule has 0 aliphatic carbocycles. The lowest BCUT2D eigenvalue weighted by Crippen LogP contribution is -2.40. The fourth-order valence-corrected chi connectivity index (χ4v) is 2.66. The molecule has 3 N–H and O–H groups in total. The highest BCUT2D eigenvalue weighted by molar-refractivity contribution is 7.99. The standard InChI is InChI=1S/C15H25NOS/c1-14(2,3)12-5-7-13(8-6-12)18-10-9-15(4,16)11-17/h5-8,17H,9-11,16H2,1-4H3. The second kappa shape index (κ2) is 6.09. The SMILES string of the molecule is CC(N)(CO)CCSc1ccc(C(C)(C)C)cc1. The summed E-state index contributed by atoms with van der Waals surface area (Å²) in [5.41, 5.74) is 7.00. The highest BCUT2D eigenvalue weighted by Gasteiger charge is 2.16. The highest BCUT2D eigenvalue weighted by Crippen LogP contribution is 2.26. The molecule has 102 valence electrons. The van der Waals surface area contributed by atoms with E-state index in [-0.39, 0.29) is 12.0 Å². The molecule has 18 heavy (non-hydrogen) atoms. The maximum atomic E-state index is 9.08. The molecule has 1 rings (SSSR count). The van der Waals surface area contributed by atoms with E-state index in [1.807, 2.05) is 6.92 Å². The van der Waals surface area contributed by atoms with Crippen molar-refractivity contribution in [3.8, 4) is 0 Å². The van der Waals surface area contributed by atoms with Gasteiger partial charge in [0, 0.05) is 10.4 Å². The summed E-state index contributed by atoms with van der Waals surface area (Å²) in [4.78, 5) is 1.26. The quantitative estimate of drug-likeness (QED) is 0.806. The van der Waals surface area contributed by atoms with Crippen molar-refractivity contribution in [1.82, 2.24) is 0 Å². The summed E-state index contributed by atoms with van der Waals surface area (Å²) in [6, 6.07) is 8.71. The lowest BCUT2D eigenvalue weighted by Gasteiger charge is -2.21. The van der Waals surface area contributed by atoms with E-state index in [9.17, 15) is 0 Å². The van der Waals surface area contributed by atoms with E-state index in [0.717, 1.165) is 12.2 Å². The molecule has 0 aliphatic heterocycles. The fourth-order valence-electron chi connectivity index (χ4n) is 1.53. The van der Waals surface area contributed by atoms with Gasteiger partial charge in [-0.1, -0.05) is 32.9 Å². The summed E-state index contributed by atoms with van der Waals surface area (Å²) in [5, 5.41) is 9.08. The summed E-state index contributed by atoms with van der Waals surface area (Å²) < 4.78 is 0. The van der Waals surface area contributed by atoms with Crippen LogP contribution in [0.2, 0.25) is 0 Å². The molecule has 0 saturated carbocycles. The number of hydrogen-bond acceptors (Lipinski definition) is 3. The van der Waals surface area contributed by atoms with E-state index >= 15 is 0 Å². The van der Waals surface area contributed by atoms with Crippen molar-refractivity contribution in [2.45, 2.75) is 50.0 Å². The van der Waals surface area contributed by atoms with Gasteiger partial charge in [0.1, 0.15) is 0 Å². The van der Waals surface area contributed by atoms with E-state index < -0.39 is 5.54 Å². The molecule has 0 saturated heterocycles. The van der Waals surface area contributed by atoms with Crippen LogP contribution in [0.1, 0.15) is 39.7 Å². The Labute approximate surface area is 115 Å². The van der Waals surface area contributed by atoms with Gasteiger partial charge in [0.15, 0.2) is 0 Å². The molecular formula is C15H25NOS. The van der Waals surface area contributed by atoms with Crippen LogP contribution in [0.3, 0.4) is 0 Å². The number of aliphatic hydroxyl groups excluding tert-OH is 1. The van der Waals surface area contributed by atoms with Gasteiger partial charge in [0.2, 0.25) is 0 Å². The molecular weight excluding hydrogens is 242 g/mol. The van der Waals surface area contributed by atoms with E-state index in [1.54, 1.807) is 11.8 Å². The van der Waals surface area contributed by atoms with Crippen LogP contribution in [0.25, 0.3) is 0 Å². The van der Waals surface area contributed by atoms with Crippen molar-refractivity contribution >= 4 is 11.8 Å². The van der Waals surface area contributed by atoms with Crippen LogP contribution in [-0.4, -0.2) is 23.0 Å². The number of rotatable bonds is 5. The van der Waals surface area contributed by atoms with Crippen LogP contribution in [0.5, 0.6) is 0 Å². The predicted octanol–water partition coefficient (Wildman–Crippen LogP) is 3.18. The average molecular weight is 267 g/mol. The Morgan fingerprint density at radius 2 is 1.67 bits per heavy atom. The van der Waals surface area contributed by atoms with Crippen molar-refractivity contribution in [2.75, 3.05) is 12.4 Å². The van der Waals surface area contributed by atoms with E-state index in [0.29, 0.717) is 0 Å². The molecule has 0 radical (unpaired) electrons. The van der Waals surface area contributed by atoms with Gasteiger partial charge in [0.05, 0.1) is 6.61 Å². The van der Waals surface area contributed by atoms with Gasteiger partial charge in [-0.25, -0.2) is 0 Å². The van der Waals surface area contributed by atoms with Crippen molar-refractivity contribution in [1.29, 1.82) is 0 Å². The van der Waals surface area contributed by atoms with Crippen molar-refractivity contribution in [3.05, 3.63) is 29.8 Å². The lowest BCUT2D eigenvalue weighted by atomic mass is 9.87. The van der Waals surface area contributed by atoms with Gasteiger partial charge in [-0.15, -0.1) is 11.8 Å².